The van der Waals surface area contributed by atoms with Crippen LogP contribution in [0.4, 0.5) is 0 Å². The van der Waals surface area contributed by atoms with Crippen molar-refractivity contribution in [2.75, 3.05) is 13.7 Å². The summed E-state index contributed by atoms with van der Waals surface area (Å²) in [7, 11) is 1.46. The van der Waals surface area contributed by atoms with Crippen LogP contribution in [0, 0.1) is 46.3 Å². The average molecular weight is 505 g/mol. The summed E-state index contributed by atoms with van der Waals surface area (Å²) in [4.78, 5) is 24.4. The van der Waals surface area contributed by atoms with Gasteiger partial charge in [-0.3, -0.25) is 9.59 Å². The van der Waals surface area contributed by atoms with Gasteiger partial charge in [0, 0.05) is 25.9 Å². The van der Waals surface area contributed by atoms with E-state index >= 15 is 0 Å². The lowest BCUT2D eigenvalue weighted by molar-refractivity contribution is -0.258. The minimum atomic E-state index is -0.364. The minimum Gasteiger partial charge on any atom is -0.469 e. The average Bonchev–Trinajstić information content (AvgIpc) is 3.23. The summed E-state index contributed by atoms with van der Waals surface area (Å²) < 4.78 is 17.8. The van der Waals surface area contributed by atoms with Crippen molar-refractivity contribution in [1.29, 1.82) is 0 Å². The highest BCUT2D eigenvalue weighted by molar-refractivity contribution is 5.79. The number of methoxy groups -OCH3 is 1. The number of esters is 1. The topological polar surface area (TPSA) is 82.1 Å². The maximum absolute atomic E-state index is 12.5. The molecule has 36 heavy (non-hydrogen) atoms. The van der Waals surface area contributed by atoms with E-state index in [4.69, 9.17) is 14.2 Å². The molecular formula is C30H48O6. The van der Waals surface area contributed by atoms with E-state index in [0.717, 1.165) is 64.4 Å². The molecule has 4 saturated carbocycles. The van der Waals surface area contributed by atoms with Crippen LogP contribution in [0.1, 0.15) is 97.8 Å². The summed E-state index contributed by atoms with van der Waals surface area (Å²) in [6, 6.07) is 0. The highest BCUT2D eigenvalue weighted by Crippen LogP contribution is 2.68. The molecule has 0 radical (unpaired) electrons. The molecule has 6 heteroatoms. The summed E-state index contributed by atoms with van der Waals surface area (Å²) >= 11 is 0. The molecule has 5 aliphatic rings. The van der Waals surface area contributed by atoms with Gasteiger partial charge in [-0.15, -0.1) is 0 Å². The third-order valence-corrected chi connectivity index (χ3v) is 11.8. The van der Waals surface area contributed by atoms with Crippen LogP contribution >= 0.6 is 0 Å². The Morgan fingerprint density at radius 1 is 1.17 bits per heavy atom. The first kappa shape index (κ1) is 26.6. The van der Waals surface area contributed by atoms with Crippen LogP contribution in [0.5, 0.6) is 0 Å². The predicted molar refractivity (Wildman–Crippen MR) is 136 cm³/mol. The molecule has 0 bridgehead atoms. The third kappa shape index (κ3) is 4.47. The fourth-order valence-electron chi connectivity index (χ4n) is 9.72. The lowest BCUT2D eigenvalue weighted by atomic mass is 9.43. The quantitative estimate of drug-likeness (QED) is 0.391. The van der Waals surface area contributed by atoms with Gasteiger partial charge >= 0.3 is 5.97 Å². The maximum Gasteiger partial charge on any atom is 0.305 e. The Balaban J connectivity index is 1.44. The standard InChI is InChI=1S/C30H48O6/c1-18(8-11-26(33)34-4)21-9-10-22-28-23(17-25(32)30(21,22)3)29(2)13-12-20(31)15-19(29)16-24(28)36-27-7-5-6-14-35-27/h18-19,21-25,27-28,32H,5-17H2,1-4H3/t18?,19-,21?,22?,23?,24?,25-,27?,28?,29-,30+/m0/s1. The summed E-state index contributed by atoms with van der Waals surface area (Å²) in [6.45, 7) is 7.77. The van der Waals surface area contributed by atoms with Crippen LogP contribution in [-0.2, 0) is 23.8 Å². The second-order valence-electron chi connectivity index (χ2n) is 13.3. The fourth-order valence-corrected chi connectivity index (χ4v) is 9.72. The van der Waals surface area contributed by atoms with Gasteiger partial charge in [-0.25, -0.2) is 0 Å². The zero-order chi connectivity index (χ0) is 25.7. The number of fused-ring (bicyclic) bond motifs is 5. The monoisotopic (exact) mass is 504 g/mol. The number of aliphatic hydroxyl groups excluding tert-OH is 1. The lowest BCUT2D eigenvalue weighted by Gasteiger charge is -2.63. The number of aliphatic hydroxyl groups is 1. The molecule has 11 atom stereocenters. The molecule has 6 nitrogen and oxygen atoms in total. The van der Waals surface area contributed by atoms with Crippen molar-refractivity contribution in [3.05, 3.63) is 0 Å². The predicted octanol–water partition coefficient (Wildman–Crippen LogP) is 5.30. The zero-order valence-corrected chi connectivity index (χ0v) is 22.9. The van der Waals surface area contributed by atoms with E-state index in [0.29, 0.717) is 60.6 Å². The van der Waals surface area contributed by atoms with Crippen LogP contribution in [0.25, 0.3) is 0 Å². The SMILES string of the molecule is COC(=O)CCC(C)C1CCC2C3C(OC4CCCCO4)C[C@@H]4CC(=O)CC[C@]4(C)C3C[C@H](O)[C@]12C. The number of ketones is 1. The first-order valence-electron chi connectivity index (χ1n) is 14.7. The van der Waals surface area contributed by atoms with E-state index in [1.807, 2.05) is 0 Å². The number of carbonyl (C=O) groups is 2. The molecule has 5 rings (SSSR count). The van der Waals surface area contributed by atoms with Gasteiger partial charge in [-0.2, -0.15) is 0 Å². The number of carbonyl (C=O) groups excluding carboxylic acids is 2. The summed E-state index contributed by atoms with van der Waals surface area (Å²) in [5.74, 6) is 2.46. The first-order chi connectivity index (χ1) is 17.2. The first-order valence-corrected chi connectivity index (χ1v) is 14.7. The minimum absolute atomic E-state index is 0.0861. The Morgan fingerprint density at radius 3 is 2.69 bits per heavy atom. The van der Waals surface area contributed by atoms with E-state index in [9.17, 15) is 14.7 Å². The van der Waals surface area contributed by atoms with Crippen LogP contribution < -0.4 is 0 Å². The van der Waals surface area contributed by atoms with Crippen LogP contribution in [0.3, 0.4) is 0 Å². The normalized spacial score (nSPS) is 47.4. The molecule has 0 aromatic rings. The van der Waals surface area contributed by atoms with E-state index < -0.39 is 0 Å². The van der Waals surface area contributed by atoms with Gasteiger partial charge in [0.25, 0.3) is 0 Å². The smallest absolute Gasteiger partial charge is 0.305 e. The fraction of sp³-hybridized carbons (Fsp3) is 0.933. The van der Waals surface area contributed by atoms with Crippen molar-refractivity contribution in [1.82, 2.24) is 0 Å². The molecule has 1 N–H and O–H groups in total. The van der Waals surface area contributed by atoms with Gasteiger partial charge in [0.2, 0.25) is 0 Å². The number of hydrogen-bond acceptors (Lipinski definition) is 6. The molecule has 5 fully saturated rings. The van der Waals surface area contributed by atoms with Gasteiger partial charge in [-0.1, -0.05) is 20.8 Å². The van der Waals surface area contributed by atoms with Gasteiger partial charge in [0.1, 0.15) is 5.78 Å². The zero-order valence-electron chi connectivity index (χ0n) is 22.9. The van der Waals surface area contributed by atoms with Gasteiger partial charge in [-0.05, 0) is 104 Å². The molecule has 1 aliphatic heterocycles. The largest absolute Gasteiger partial charge is 0.469 e. The molecular weight excluding hydrogens is 456 g/mol. The Morgan fingerprint density at radius 2 is 1.97 bits per heavy atom. The van der Waals surface area contributed by atoms with Crippen LogP contribution in [0.2, 0.25) is 0 Å². The summed E-state index contributed by atoms with van der Waals surface area (Å²) in [5.41, 5.74) is -0.0951. The van der Waals surface area contributed by atoms with Crippen molar-refractivity contribution in [3.8, 4) is 0 Å². The summed E-state index contributed by atoms with van der Waals surface area (Å²) in [6.07, 6.45) is 10.2. The molecule has 1 saturated heterocycles. The molecule has 0 amide bonds. The number of Topliss-reactive ketones (excluding diaryl/α,β-unsaturated/α-hetero) is 1. The second-order valence-corrected chi connectivity index (χ2v) is 13.3. The van der Waals surface area contributed by atoms with Crippen molar-refractivity contribution >= 4 is 11.8 Å². The molecule has 204 valence electrons. The van der Waals surface area contributed by atoms with E-state index in [2.05, 4.69) is 20.8 Å². The van der Waals surface area contributed by atoms with Gasteiger partial charge in [0.05, 0.1) is 19.3 Å². The lowest BCUT2D eigenvalue weighted by Crippen LogP contribution is -2.63. The summed E-state index contributed by atoms with van der Waals surface area (Å²) in [5, 5.41) is 11.9. The molecule has 0 spiro atoms. The highest BCUT2D eigenvalue weighted by Gasteiger charge is 2.66. The Bertz CT molecular complexity index is 822. The van der Waals surface area contributed by atoms with Gasteiger partial charge in [0.15, 0.2) is 6.29 Å². The van der Waals surface area contributed by atoms with Crippen molar-refractivity contribution in [2.45, 2.75) is 116 Å². The molecule has 0 aromatic heterocycles. The third-order valence-electron chi connectivity index (χ3n) is 11.8. The van der Waals surface area contributed by atoms with Crippen molar-refractivity contribution < 1.29 is 28.9 Å². The van der Waals surface area contributed by atoms with Crippen molar-refractivity contribution in [2.24, 2.45) is 46.3 Å². The maximum atomic E-state index is 12.5. The van der Waals surface area contributed by atoms with E-state index in [-0.39, 0.29) is 35.3 Å². The number of hydrogen-bond donors (Lipinski definition) is 1. The van der Waals surface area contributed by atoms with Gasteiger partial charge < -0.3 is 19.3 Å². The number of ether oxygens (including phenoxy) is 3. The Kier molecular flexibility index (Phi) is 7.61. The molecule has 4 aliphatic carbocycles. The Labute approximate surface area is 217 Å². The van der Waals surface area contributed by atoms with Crippen LogP contribution in [0.15, 0.2) is 0 Å². The Hall–Kier alpha value is -0.980. The van der Waals surface area contributed by atoms with Crippen molar-refractivity contribution in [3.63, 3.8) is 0 Å². The number of rotatable bonds is 6. The van der Waals surface area contributed by atoms with E-state index in [1.54, 1.807) is 0 Å². The van der Waals surface area contributed by atoms with Crippen LogP contribution in [-0.4, -0.2) is 49.1 Å². The molecule has 1 heterocycles. The van der Waals surface area contributed by atoms with E-state index in [1.165, 1.54) is 7.11 Å². The second kappa shape index (κ2) is 10.3. The molecule has 7 unspecified atom stereocenters. The molecule has 0 aromatic carbocycles. The highest BCUT2D eigenvalue weighted by atomic mass is 16.7.